The van der Waals surface area contributed by atoms with Crippen LogP contribution >= 0.6 is 0 Å². The van der Waals surface area contributed by atoms with E-state index in [1.54, 1.807) is 14.2 Å². The fourth-order valence-corrected chi connectivity index (χ4v) is 1.89. The summed E-state index contributed by atoms with van der Waals surface area (Å²) in [5, 5.41) is 2.65. The van der Waals surface area contributed by atoms with Crippen LogP contribution in [-0.2, 0) is 16.0 Å². The molecule has 2 amide bonds. The summed E-state index contributed by atoms with van der Waals surface area (Å²) in [7, 11) is 3.27. The van der Waals surface area contributed by atoms with E-state index in [0.29, 0.717) is 19.5 Å². The molecule has 5 heteroatoms. The number of hydrogen-bond donors (Lipinski definition) is 1. The van der Waals surface area contributed by atoms with Crippen LogP contribution in [0.3, 0.4) is 0 Å². The van der Waals surface area contributed by atoms with E-state index in [1.165, 1.54) is 4.90 Å². The molecule has 0 aromatic heterocycles. The summed E-state index contributed by atoms with van der Waals surface area (Å²) in [6.45, 7) is 3.09. The highest BCUT2D eigenvalue weighted by Crippen LogP contribution is 2.12. The van der Waals surface area contributed by atoms with E-state index in [-0.39, 0.29) is 0 Å². The molecule has 1 rings (SSSR count). The maximum absolute atomic E-state index is 11.8. The number of carbonyl (C=O) groups is 2. The molecule has 0 saturated heterocycles. The number of hydrogen-bond acceptors (Lipinski definition) is 3. The van der Waals surface area contributed by atoms with Crippen molar-refractivity contribution in [1.29, 1.82) is 0 Å². The van der Waals surface area contributed by atoms with Gasteiger partial charge in [0, 0.05) is 20.1 Å². The quantitative estimate of drug-likeness (QED) is 0.777. The molecule has 0 aliphatic carbocycles. The second kappa shape index (κ2) is 9.00. The Labute approximate surface area is 126 Å². The molecule has 21 heavy (non-hydrogen) atoms. The van der Waals surface area contributed by atoms with Crippen molar-refractivity contribution in [2.24, 2.45) is 0 Å². The number of likely N-dealkylation sites (N-methyl/N-ethyl adjacent to an activating group) is 1. The number of nitrogens with zero attached hydrogens (tertiary/aromatic N) is 1. The van der Waals surface area contributed by atoms with Gasteiger partial charge < -0.3 is 15.0 Å². The van der Waals surface area contributed by atoms with Crippen molar-refractivity contribution < 1.29 is 14.3 Å². The minimum atomic E-state index is -0.545. The molecule has 0 fully saturated rings. The summed E-state index contributed by atoms with van der Waals surface area (Å²) in [6, 6.07) is 7.65. The Morgan fingerprint density at radius 3 is 2.76 bits per heavy atom. The van der Waals surface area contributed by atoms with Gasteiger partial charge in [0.1, 0.15) is 5.75 Å². The zero-order chi connectivity index (χ0) is 15.7. The summed E-state index contributed by atoms with van der Waals surface area (Å²) < 4.78 is 5.14. The molecule has 116 valence electrons. The summed E-state index contributed by atoms with van der Waals surface area (Å²) in [4.78, 5) is 25.0. The predicted octanol–water partition coefficient (Wildman–Crippen LogP) is 1.61. The van der Waals surface area contributed by atoms with Crippen LogP contribution in [0.15, 0.2) is 24.3 Å². The molecule has 1 aromatic carbocycles. The zero-order valence-corrected chi connectivity index (χ0v) is 13.0. The van der Waals surface area contributed by atoms with Crippen LogP contribution in [-0.4, -0.2) is 44.0 Å². The first kappa shape index (κ1) is 17.0. The first-order chi connectivity index (χ1) is 10.1. The van der Waals surface area contributed by atoms with Crippen LogP contribution in [0.5, 0.6) is 5.75 Å². The maximum Gasteiger partial charge on any atom is 0.311 e. The van der Waals surface area contributed by atoms with Crippen LogP contribution in [0.4, 0.5) is 0 Å². The Hall–Kier alpha value is -2.04. The third-order valence-electron chi connectivity index (χ3n) is 3.22. The van der Waals surface area contributed by atoms with E-state index >= 15 is 0 Å². The number of benzene rings is 1. The molecule has 0 atom stereocenters. The molecule has 0 radical (unpaired) electrons. The average Bonchev–Trinajstić information content (AvgIpc) is 2.51. The van der Waals surface area contributed by atoms with Crippen molar-refractivity contribution in [3.05, 3.63) is 29.8 Å². The Morgan fingerprint density at radius 2 is 2.10 bits per heavy atom. The fourth-order valence-electron chi connectivity index (χ4n) is 1.89. The Kier molecular flexibility index (Phi) is 7.29. The number of methoxy groups -OCH3 is 1. The third-order valence-corrected chi connectivity index (χ3v) is 3.22. The summed E-state index contributed by atoms with van der Waals surface area (Å²) in [5.41, 5.74) is 1.06. The van der Waals surface area contributed by atoms with Crippen molar-refractivity contribution in [1.82, 2.24) is 10.2 Å². The van der Waals surface area contributed by atoms with Gasteiger partial charge in [-0.1, -0.05) is 25.5 Å². The van der Waals surface area contributed by atoms with Gasteiger partial charge in [0.2, 0.25) is 0 Å². The van der Waals surface area contributed by atoms with Crippen molar-refractivity contribution >= 4 is 11.8 Å². The summed E-state index contributed by atoms with van der Waals surface area (Å²) in [6.07, 6.45) is 2.56. The average molecular weight is 292 g/mol. The summed E-state index contributed by atoms with van der Waals surface area (Å²) in [5.74, 6) is -0.236. The molecule has 0 unspecified atom stereocenters. The smallest absolute Gasteiger partial charge is 0.311 e. The lowest BCUT2D eigenvalue weighted by atomic mass is 10.1. The second-order valence-electron chi connectivity index (χ2n) is 4.94. The van der Waals surface area contributed by atoms with Crippen molar-refractivity contribution in [3.8, 4) is 5.75 Å². The van der Waals surface area contributed by atoms with E-state index in [1.807, 2.05) is 31.2 Å². The molecule has 1 aromatic rings. The van der Waals surface area contributed by atoms with Gasteiger partial charge in [-0.3, -0.25) is 9.59 Å². The minimum absolute atomic E-state index is 0.430. The van der Waals surface area contributed by atoms with Gasteiger partial charge in [-0.15, -0.1) is 0 Å². The Bertz CT molecular complexity index is 474. The Morgan fingerprint density at radius 1 is 1.33 bits per heavy atom. The molecule has 0 spiro atoms. The van der Waals surface area contributed by atoms with Gasteiger partial charge in [-0.05, 0) is 30.5 Å². The van der Waals surface area contributed by atoms with E-state index in [0.717, 1.165) is 24.2 Å². The first-order valence-electron chi connectivity index (χ1n) is 7.24. The van der Waals surface area contributed by atoms with Gasteiger partial charge in [0.25, 0.3) is 0 Å². The molecule has 5 nitrogen and oxygen atoms in total. The molecular weight excluding hydrogens is 268 g/mol. The molecule has 1 N–H and O–H groups in total. The van der Waals surface area contributed by atoms with Crippen molar-refractivity contribution in [2.75, 3.05) is 27.2 Å². The Balaban J connectivity index is 2.37. The van der Waals surface area contributed by atoms with Crippen LogP contribution in [0.25, 0.3) is 0 Å². The van der Waals surface area contributed by atoms with Gasteiger partial charge in [0.15, 0.2) is 0 Å². The molecule has 0 saturated carbocycles. The van der Waals surface area contributed by atoms with E-state index < -0.39 is 11.8 Å². The van der Waals surface area contributed by atoms with E-state index in [9.17, 15) is 9.59 Å². The normalized spacial score (nSPS) is 10.0. The number of carbonyl (C=O) groups excluding carboxylic acids is 2. The van der Waals surface area contributed by atoms with Crippen molar-refractivity contribution in [3.63, 3.8) is 0 Å². The van der Waals surface area contributed by atoms with Crippen LogP contribution in [0, 0.1) is 0 Å². The SMILES string of the molecule is CCCCN(C)C(=O)C(=O)NCCc1cccc(OC)c1. The fraction of sp³-hybridized carbons (Fsp3) is 0.500. The monoisotopic (exact) mass is 292 g/mol. The highest BCUT2D eigenvalue weighted by Gasteiger charge is 2.17. The first-order valence-corrected chi connectivity index (χ1v) is 7.24. The predicted molar refractivity (Wildman–Crippen MR) is 82.3 cm³/mol. The molecule has 0 heterocycles. The second-order valence-corrected chi connectivity index (χ2v) is 4.94. The van der Waals surface area contributed by atoms with Crippen LogP contribution in [0.2, 0.25) is 0 Å². The molecule has 0 bridgehead atoms. The topological polar surface area (TPSA) is 58.6 Å². The van der Waals surface area contributed by atoms with Crippen molar-refractivity contribution in [2.45, 2.75) is 26.2 Å². The number of ether oxygens (including phenoxy) is 1. The highest BCUT2D eigenvalue weighted by atomic mass is 16.5. The number of nitrogens with one attached hydrogen (secondary N) is 1. The van der Waals surface area contributed by atoms with E-state index in [2.05, 4.69) is 5.32 Å². The number of rotatable bonds is 7. The van der Waals surface area contributed by atoms with Crippen LogP contribution < -0.4 is 10.1 Å². The molecular formula is C16H24N2O3. The molecule has 0 aliphatic rings. The standard InChI is InChI=1S/C16H24N2O3/c1-4-5-11-18(2)16(20)15(19)17-10-9-13-7-6-8-14(12-13)21-3/h6-8,12H,4-5,9-11H2,1-3H3,(H,17,19). The largest absolute Gasteiger partial charge is 0.497 e. The summed E-state index contributed by atoms with van der Waals surface area (Å²) >= 11 is 0. The number of amides is 2. The van der Waals surface area contributed by atoms with Gasteiger partial charge >= 0.3 is 11.8 Å². The third kappa shape index (κ3) is 5.85. The zero-order valence-electron chi connectivity index (χ0n) is 13.0. The van der Waals surface area contributed by atoms with Gasteiger partial charge in [-0.25, -0.2) is 0 Å². The van der Waals surface area contributed by atoms with Gasteiger partial charge in [0.05, 0.1) is 7.11 Å². The minimum Gasteiger partial charge on any atom is -0.497 e. The lowest BCUT2D eigenvalue weighted by Crippen LogP contribution is -2.42. The van der Waals surface area contributed by atoms with Crippen LogP contribution in [0.1, 0.15) is 25.3 Å². The number of unbranched alkanes of at least 4 members (excludes halogenated alkanes) is 1. The lowest BCUT2D eigenvalue weighted by Gasteiger charge is -2.16. The van der Waals surface area contributed by atoms with E-state index in [4.69, 9.17) is 4.74 Å². The maximum atomic E-state index is 11.8. The highest BCUT2D eigenvalue weighted by molar-refractivity contribution is 6.34. The lowest BCUT2D eigenvalue weighted by molar-refractivity contribution is -0.145. The molecule has 0 aliphatic heterocycles. The van der Waals surface area contributed by atoms with Gasteiger partial charge in [-0.2, -0.15) is 0 Å².